The maximum atomic E-state index is 12.5. The number of hydrogen-bond acceptors (Lipinski definition) is 3. The number of carbonyl (C=O) groups excluding carboxylic acids is 1. The van der Waals surface area contributed by atoms with E-state index in [0.717, 1.165) is 70.6 Å². The Morgan fingerprint density at radius 3 is 1.03 bits per heavy atom. The highest BCUT2D eigenvalue weighted by Crippen LogP contribution is 2.16. The van der Waals surface area contributed by atoms with Crippen LogP contribution in [0.2, 0.25) is 0 Å². The minimum atomic E-state index is -0.846. The van der Waals surface area contributed by atoms with Gasteiger partial charge >= 0.3 is 0 Å². The number of amides is 1. The molecule has 0 saturated heterocycles. The van der Waals surface area contributed by atoms with E-state index >= 15 is 0 Å². The molecule has 0 aliphatic carbocycles. The third-order valence-electron chi connectivity index (χ3n) is 12.1. The number of nitrogens with one attached hydrogen (secondary N) is 1. The smallest absolute Gasteiger partial charge is 0.220 e. The predicted molar refractivity (Wildman–Crippen MR) is 285 cm³/mol. The van der Waals surface area contributed by atoms with E-state index in [1.807, 2.05) is 6.08 Å². The Bertz CT molecular complexity index is 1190. The molecule has 1 amide bonds. The number of carbonyl (C=O) groups is 1. The van der Waals surface area contributed by atoms with Crippen molar-refractivity contribution in [3.63, 3.8) is 0 Å². The van der Waals surface area contributed by atoms with Crippen LogP contribution in [0.15, 0.2) is 97.2 Å². The Balaban J connectivity index is 3.57. The van der Waals surface area contributed by atoms with Crippen molar-refractivity contribution in [3.8, 4) is 0 Å². The molecule has 64 heavy (non-hydrogen) atoms. The fraction of sp³-hybridized carbons (Fsp3) is 0.717. The Hall–Kier alpha value is -2.69. The lowest BCUT2D eigenvalue weighted by atomic mass is 10.0. The zero-order valence-electron chi connectivity index (χ0n) is 42.3. The van der Waals surface area contributed by atoms with Gasteiger partial charge in [-0.25, -0.2) is 0 Å². The Labute approximate surface area is 398 Å². The largest absolute Gasteiger partial charge is 0.394 e. The highest BCUT2D eigenvalue weighted by atomic mass is 16.3. The molecule has 2 atom stereocenters. The molecule has 0 radical (unpaired) electrons. The van der Waals surface area contributed by atoms with Crippen LogP contribution in [0.1, 0.15) is 258 Å². The molecule has 0 aliphatic rings. The summed E-state index contributed by atoms with van der Waals surface area (Å²) >= 11 is 0. The topological polar surface area (TPSA) is 69.6 Å². The second kappa shape index (κ2) is 54.6. The van der Waals surface area contributed by atoms with Crippen molar-refractivity contribution in [1.82, 2.24) is 5.32 Å². The molecule has 0 bridgehead atoms. The predicted octanol–water partition coefficient (Wildman–Crippen LogP) is 18.1. The molecule has 0 aromatic carbocycles. The molecule has 4 heteroatoms. The molecule has 2 unspecified atom stereocenters. The van der Waals surface area contributed by atoms with Crippen LogP contribution in [0.4, 0.5) is 0 Å². The molecule has 0 aromatic heterocycles. The fourth-order valence-electron chi connectivity index (χ4n) is 7.92. The lowest BCUT2D eigenvalue weighted by Gasteiger charge is -2.20. The van der Waals surface area contributed by atoms with Gasteiger partial charge in [0.25, 0.3) is 0 Å². The zero-order valence-corrected chi connectivity index (χ0v) is 42.3. The summed E-state index contributed by atoms with van der Waals surface area (Å²) in [6.07, 6.45) is 81.2. The van der Waals surface area contributed by atoms with Crippen LogP contribution in [0.5, 0.6) is 0 Å². The van der Waals surface area contributed by atoms with E-state index in [2.05, 4.69) is 104 Å². The molecule has 0 fully saturated rings. The van der Waals surface area contributed by atoms with Gasteiger partial charge in [0.15, 0.2) is 0 Å². The summed E-state index contributed by atoms with van der Waals surface area (Å²) < 4.78 is 0. The highest BCUT2D eigenvalue weighted by molar-refractivity contribution is 5.76. The normalized spacial score (nSPS) is 13.6. The van der Waals surface area contributed by atoms with Crippen LogP contribution >= 0.6 is 0 Å². The van der Waals surface area contributed by atoms with Crippen molar-refractivity contribution in [2.24, 2.45) is 0 Å². The van der Waals surface area contributed by atoms with E-state index < -0.39 is 12.1 Å². The van der Waals surface area contributed by atoms with Crippen molar-refractivity contribution >= 4 is 5.91 Å². The van der Waals surface area contributed by atoms with Gasteiger partial charge in [0, 0.05) is 6.42 Å². The van der Waals surface area contributed by atoms with E-state index in [1.54, 1.807) is 6.08 Å². The molecule has 0 aromatic rings. The lowest BCUT2D eigenvalue weighted by Crippen LogP contribution is -2.45. The van der Waals surface area contributed by atoms with E-state index in [0.29, 0.717) is 6.42 Å². The monoisotopic (exact) mass is 888 g/mol. The van der Waals surface area contributed by atoms with Crippen LogP contribution < -0.4 is 5.32 Å². The summed E-state index contributed by atoms with van der Waals surface area (Å²) in [5.74, 6) is -0.0694. The summed E-state index contributed by atoms with van der Waals surface area (Å²) in [7, 11) is 0. The SMILES string of the molecule is CC/C=C\C/C=C\C/C=C\C/C=C\C/C=C\C/C=C\C/C=C\CCCCCCCCCCCCCC(=O)NC(CO)C(O)/C=C/CCCCCCCCCCCCCCCCCCC. The van der Waals surface area contributed by atoms with Crippen molar-refractivity contribution < 1.29 is 15.0 Å². The molecular weight excluding hydrogens is 783 g/mol. The first-order valence-electron chi connectivity index (χ1n) is 27.5. The number of aliphatic hydroxyl groups is 2. The second-order valence-corrected chi connectivity index (χ2v) is 18.3. The van der Waals surface area contributed by atoms with Gasteiger partial charge in [-0.1, -0.05) is 272 Å². The highest BCUT2D eigenvalue weighted by Gasteiger charge is 2.18. The first-order valence-corrected chi connectivity index (χ1v) is 27.5. The van der Waals surface area contributed by atoms with Crippen LogP contribution in [0.3, 0.4) is 0 Å². The second-order valence-electron chi connectivity index (χ2n) is 18.3. The first kappa shape index (κ1) is 61.3. The maximum Gasteiger partial charge on any atom is 0.220 e. The van der Waals surface area contributed by atoms with E-state index in [1.165, 1.54) is 167 Å². The Kier molecular flexibility index (Phi) is 52.3. The Morgan fingerprint density at radius 1 is 0.391 bits per heavy atom. The van der Waals surface area contributed by atoms with Crippen LogP contribution in [0.25, 0.3) is 0 Å². The summed E-state index contributed by atoms with van der Waals surface area (Å²) in [6.45, 7) is 4.20. The average Bonchev–Trinajstić information content (AvgIpc) is 3.30. The summed E-state index contributed by atoms with van der Waals surface area (Å²) in [5.41, 5.74) is 0. The van der Waals surface area contributed by atoms with E-state index in [9.17, 15) is 15.0 Å². The summed E-state index contributed by atoms with van der Waals surface area (Å²) in [5, 5.41) is 23.2. The van der Waals surface area contributed by atoms with Crippen molar-refractivity contribution in [1.29, 1.82) is 0 Å². The first-order chi connectivity index (χ1) is 31.7. The number of aliphatic hydroxyl groups excluding tert-OH is 2. The minimum absolute atomic E-state index is 0.0694. The molecular formula is C60H105NO3. The number of allylic oxidation sites excluding steroid dienone is 15. The number of unbranched alkanes of at least 4 members (excludes halogenated alkanes) is 28. The maximum absolute atomic E-state index is 12.5. The molecule has 3 N–H and O–H groups in total. The van der Waals surface area contributed by atoms with Crippen molar-refractivity contribution in [2.75, 3.05) is 6.61 Å². The average molecular weight is 889 g/mol. The van der Waals surface area contributed by atoms with Crippen LogP contribution in [0, 0.1) is 0 Å². The zero-order chi connectivity index (χ0) is 46.3. The van der Waals surface area contributed by atoms with E-state index in [-0.39, 0.29) is 12.5 Å². The number of hydrogen-bond donors (Lipinski definition) is 3. The van der Waals surface area contributed by atoms with Gasteiger partial charge in [-0.2, -0.15) is 0 Å². The summed E-state index contributed by atoms with van der Waals surface area (Å²) in [4.78, 5) is 12.5. The standard InChI is InChI=1S/C60H105NO3/c1-3-5-7-9-11-13-15-17-19-21-23-24-25-26-27-28-29-30-31-32-33-34-35-36-38-40-42-44-46-48-50-52-54-56-60(64)61-58(57-62)59(63)55-53-51-49-47-45-43-41-39-37-22-20-18-16-14-12-10-8-6-4-2/h5,7,11,13,17,19,23-24,26-27,29-30,32-33,53,55,58-59,62-63H,3-4,6,8-10,12,14-16,18,20-22,25,28,31,34-52,54,56-57H2,1-2H3,(H,61,64)/b7-5-,13-11-,19-17-,24-23-,27-26-,30-29-,33-32-,55-53+. The lowest BCUT2D eigenvalue weighted by molar-refractivity contribution is -0.123. The molecule has 0 aliphatic heterocycles. The molecule has 0 spiro atoms. The molecule has 0 saturated carbocycles. The summed E-state index contributed by atoms with van der Waals surface area (Å²) in [6, 6.07) is -0.630. The molecule has 0 heterocycles. The third-order valence-corrected chi connectivity index (χ3v) is 12.1. The van der Waals surface area contributed by atoms with Gasteiger partial charge in [-0.05, 0) is 77.0 Å². The van der Waals surface area contributed by atoms with Gasteiger partial charge < -0.3 is 15.5 Å². The fourth-order valence-corrected chi connectivity index (χ4v) is 7.92. The number of rotatable bonds is 49. The third kappa shape index (κ3) is 50.3. The van der Waals surface area contributed by atoms with Gasteiger partial charge in [-0.15, -0.1) is 0 Å². The molecule has 0 rings (SSSR count). The Morgan fingerprint density at radius 2 is 0.688 bits per heavy atom. The van der Waals surface area contributed by atoms with Gasteiger partial charge in [-0.3, -0.25) is 4.79 Å². The quantitative estimate of drug-likeness (QED) is 0.0421. The van der Waals surface area contributed by atoms with Crippen molar-refractivity contribution in [2.45, 2.75) is 270 Å². The van der Waals surface area contributed by atoms with Crippen LogP contribution in [-0.2, 0) is 4.79 Å². The van der Waals surface area contributed by atoms with Gasteiger partial charge in [0.2, 0.25) is 5.91 Å². The van der Waals surface area contributed by atoms with Crippen molar-refractivity contribution in [3.05, 3.63) is 97.2 Å². The minimum Gasteiger partial charge on any atom is -0.394 e. The molecule has 368 valence electrons. The van der Waals surface area contributed by atoms with Gasteiger partial charge in [0.05, 0.1) is 18.8 Å². The van der Waals surface area contributed by atoms with Crippen LogP contribution in [-0.4, -0.2) is 34.9 Å². The van der Waals surface area contributed by atoms with Gasteiger partial charge in [0.1, 0.15) is 0 Å². The molecule has 4 nitrogen and oxygen atoms in total. The van der Waals surface area contributed by atoms with E-state index in [4.69, 9.17) is 0 Å².